The van der Waals surface area contributed by atoms with Crippen LogP contribution in [0.1, 0.15) is 35.6 Å². The van der Waals surface area contributed by atoms with Gasteiger partial charge >= 0.3 is 0 Å². The van der Waals surface area contributed by atoms with E-state index in [1.807, 2.05) is 13.4 Å². The number of fused-ring (bicyclic) bond motifs is 1. The summed E-state index contributed by atoms with van der Waals surface area (Å²) in [4.78, 5) is 9.21. The molecule has 0 aliphatic heterocycles. The highest BCUT2D eigenvalue weighted by Gasteiger charge is 2.15. The van der Waals surface area contributed by atoms with Crippen LogP contribution in [0.4, 0.5) is 0 Å². The molecule has 1 aliphatic rings. The first kappa shape index (κ1) is 12.4. The first-order valence-corrected chi connectivity index (χ1v) is 6.99. The minimum Gasteiger partial charge on any atom is -0.328 e. The number of pyridine rings is 1. The van der Waals surface area contributed by atoms with Gasteiger partial charge in [0.15, 0.2) is 0 Å². The zero-order valence-corrected chi connectivity index (χ0v) is 11.4. The van der Waals surface area contributed by atoms with E-state index in [-0.39, 0.29) is 0 Å². The van der Waals surface area contributed by atoms with Gasteiger partial charge in [0, 0.05) is 12.2 Å². The Morgan fingerprint density at radius 1 is 1.21 bits per heavy atom. The van der Waals surface area contributed by atoms with Crippen molar-refractivity contribution < 1.29 is 0 Å². The molecule has 0 fully saturated rings. The van der Waals surface area contributed by atoms with Crippen LogP contribution in [0, 0.1) is 0 Å². The lowest BCUT2D eigenvalue weighted by atomic mass is 10.0. The van der Waals surface area contributed by atoms with E-state index >= 15 is 0 Å². The van der Waals surface area contributed by atoms with Gasteiger partial charge in [-0.15, -0.1) is 0 Å². The van der Waals surface area contributed by atoms with Gasteiger partial charge in [-0.2, -0.15) is 0 Å². The Morgan fingerprint density at radius 2 is 2.05 bits per heavy atom. The molecule has 0 aromatic carbocycles. The Labute approximate surface area is 113 Å². The van der Waals surface area contributed by atoms with Gasteiger partial charge in [-0.3, -0.25) is 4.98 Å². The standard InChI is InChI=1S/C15H20N4/c1-16-9-12-5-4-6-13(18-12)10-19-11-17-14-7-2-3-8-15(14)19/h4-6,11,16H,2-3,7-10H2,1H3. The van der Waals surface area contributed by atoms with Crippen molar-refractivity contribution in [2.75, 3.05) is 7.05 Å². The van der Waals surface area contributed by atoms with Crippen molar-refractivity contribution in [3.05, 3.63) is 47.3 Å². The molecule has 100 valence electrons. The topological polar surface area (TPSA) is 42.7 Å². The van der Waals surface area contributed by atoms with Crippen molar-refractivity contribution in [1.29, 1.82) is 0 Å². The predicted molar refractivity (Wildman–Crippen MR) is 75.0 cm³/mol. The highest BCUT2D eigenvalue weighted by atomic mass is 15.1. The molecule has 1 N–H and O–H groups in total. The van der Waals surface area contributed by atoms with Crippen LogP contribution in [-0.4, -0.2) is 21.6 Å². The van der Waals surface area contributed by atoms with Crippen LogP contribution in [0.15, 0.2) is 24.5 Å². The Hall–Kier alpha value is -1.68. The average Bonchev–Trinajstić information content (AvgIpc) is 2.83. The monoisotopic (exact) mass is 256 g/mol. The summed E-state index contributed by atoms with van der Waals surface area (Å²) >= 11 is 0. The molecule has 2 heterocycles. The predicted octanol–water partition coefficient (Wildman–Crippen LogP) is 1.92. The summed E-state index contributed by atoms with van der Waals surface area (Å²) in [5.74, 6) is 0. The second-order valence-electron chi connectivity index (χ2n) is 5.12. The van der Waals surface area contributed by atoms with Gasteiger partial charge in [0.2, 0.25) is 0 Å². The molecule has 2 aromatic rings. The van der Waals surface area contributed by atoms with E-state index in [9.17, 15) is 0 Å². The Morgan fingerprint density at radius 3 is 2.95 bits per heavy atom. The molecule has 0 amide bonds. The van der Waals surface area contributed by atoms with Crippen LogP contribution < -0.4 is 5.32 Å². The second-order valence-corrected chi connectivity index (χ2v) is 5.12. The Kier molecular flexibility index (Phi) is 3.60. The lowest BCUT2D eigenvalue weighted by Crippen LogP contribution is -2.11. The van der Waals surface area contributed by atoms with Crippen LogP contribution >= 0.6 is 0 Å². The van der Waals surface area contributed by atoms with Gasteiger partial charge in [-0.05, 0) is 44.9 Å². The lowest BCUT2D eigenvalue weighted by Gasteiger charge is -2.14. The molecule has 4 nitrogen and oxygen atoms in total. The number of hydrogen-bond donors (Lipinski definition) is 1. The summed E-state index contributed by atoms with van der Waals surface area (Å²) < 4.78 is 2.26. The highest BCUT2D eigenvalue weighted by Crippen LogP contribution is 2.20. The largest absolute Gasteiger partial charge is 0.328 e. The lowest BCUT2D eigenvalue weighted by molar-refractivity contribution is 0.623. The van der Waals surface area contributed by atoms with Crippen LogP contribution in [0.3, 0.4) is 0 Å². The van der Waals surface area contributed by atoms with Crippen molar-refractivity contribution in [2.24, 2.45) is 0 Å². The van der Waals surface area contributed by atoms with Gasteiger partial charge in [-0.1, -0.05) is 6.07 Å². The molecule has 0 saturated heterocycles. The van der Waals surface area contributed by atoms with Gasteiger partial charge in [-0.25, -0.2) is 4.98 Å². The highest BCUT2D eigenvalue weighted by molar-refractivity contribution is 5.19. The van der Waals surface area contributed by atoms with Crippen molar-refractivity contribution in [1.82, 2.24) is 19.9 Å². The number of rotatable bonds is 4. The van der Waals surface area contributed by atoms with E-state index in [1.54, 1.807) is 0 Å². The van der Waals surface area contributed by atoms with E-state index in [2.05, 4.69) is 38.1 Å². The molecule has 0 bridgehead atoms. The van der Waals surface area contributed by atoms with Crippen LogP contribution in [-0.2, 0) is 25.9 Å². The SMILES string of the molecule is CNCc1cccc(Cn2cnc3c2CCCC3)n1. The third-order valence-corrected chi connectivity index (χ3v) is 3.66. The van der Waals surface area contributed by atoms with Gasteiger partial charge in [0.1, 0.15) is 0 Å². The molecule has 0 radical (unpaired) electrons. The fraction of sp³-hybridized carbons (Fsp3) is 0.467. The number of nitrogens with one attached hydrogen (secondary N) is 1. The molecular weight excluding hydrogens is 236 g/mol. The van der Waals surface area contributed by atoms with E-state index in [0.717, 1.165) is 37.3 Å². The van der Waals surface area contributed by atoms with Crippen molar-refractivity contribution >= 4 is 0 Å². The van der Waals surface area contributed by atoms with Gasteiger partial charge in [0.05, 0.1) is 30.0 Å². The molecule has 0 saturated carbocycles. The minimum absolute atomic E-state index is 0.815. The quantitative estimate of drug-likeness (QED) is 0.909. The number of nitrogens with zero attached hydrogens (tertiary/aromatic N) is 3. The fourth-order valence-electron chi connectivity index (χ4n) is 2.74. The van der Waals surface area contributed by atoms with Gasteiger partial charge < -0.3 is 9.88 Å². The summed E-state index contributed by atoms with van der Waals surface area (Å²) in [6.07, 6.45) is 6.83. The molecule has 2 aromatic heterocycles. The second kappa shape index (κ2) is 5.53. The molecule has 0 unspecified atom stereocenters. The first-order valence-electron chi connectivity index (χ1n) is 6.99. The number of aromatic nitrogens is 3. The average molecular weight is 256 g/mol. The molecular formula is C15H20N4. The van der Waals surface area contributed by atoms with Crippen LogP contribution in [0.5, 0.6) is 0 Å². The normalized spacial score (nSPS) is 14.4. The zero-order chi connectivity index (χ0) is 13.1. The van der Waals surface area contributed by atoms with Gasteiger partial charge in [0.25, 0.3) is 0 Å². The third-order valence-electron chi connectivity index (χ3n) is 3.66. The molecule has 0 atom stereocenters. The van der Waals surface area contributed by atoms with Crippen molar-refractivity contribution in [3.63, 3.8) is 0 Å². The zero-order valence-electron chi connectivity index (χ0n) is 11.4. The molecule has 3 rings (SSSR count). The summed E-state index contributed by atoms with van der Waals surface area (Å²) in [6, 6.07) is 6.23. The first-order chi connectivity index (χ1) is 9.36. The smallest absolute Gasteiger partial charge is 0.0955 e. The summed E-state index contributed by atoms with van der Waals surface area (Å²) in [6.45, 7) is 1.65. The Balaban J connectivity index is 1.81. The van der Waals surface area contributed by atoms with Crippen LogP contribution in [0.25, 0.3) is 0 Å². The van der Waals surface area contributed by atoms with Crippen LogP contribution in [0.2, 0.25) is 0 Å². The summed E-state index contributed by atoms with van der Waals surface area (Å²) in [5.41, 5.74) is 4.90. The number of aryl methyl sites for hydroxylation is 1. The van der Waals surface area contributed by atoms with E-state index in [0.29, 0.717) is 0 Å². The minimum atomic E-state index is 0.815. The summed E-state index contributed by atoms with van der Waals surface area (Å²) in [5, 5.41) is 3.14. The van der Waals surface area contributed by atoms with E-state index < -0.39 is 0 Å². The maximum atomic E-state index is 4.68. The molecule has 1 aliphatic carbocycles. The molecule has 4 heteroatoms. The number of imidazole rings is 1. The van der Waals surface area contributed by atoms with Crippen molar-refractivity contribution in [3.8, 4) is 0 Å². The number of hydrogen-bond acceptors (Lipinski definition) is 3. The summed E-state index contributed by atoms with van der Waals surface area (Å²) in [7, 11) is 1.95. The third kappa shape index (κ3) is 2.68. The van der Waals surface area contributed by atoms with Crippen molar-refractivity contribution in [2.45, 2.75) is 38.8 Å². The van der Waals surface area contributed by atoms with E-state index in [4.69, 9.17) is 0 Å². The van der Waals surface area contributed by atoms with E-state index in [1.165, 1.54) is 24.2 Å². The Bertz CT molecular complexity index is 559. The maximum Gasteiger partial charge on any atom is 0.0955 e. The molecule has 19 heavy (non-hydrogen) atoms. The molecule has 0 spiro atoms. The fourth-order valence-corrected chi connectivity index (χ4v) is 2.74. The maximum absolute atomic E-state index is 4.68.